The van der Waals surface area contributed by atoms with Crippen molar-refractivity contribution in [1.29, 1.82) is 5.26 Å². The molecule has 0 saturated heterocycles. The van der Waals surface area contributed by atoms with Gasteiger partial charge in [-0.3, -0.25) is 0 Å². The van der Waals surface area contributed by atoms with Crippen LogP contribution in [0.5, 0.6) is 11.5 Å². The Kier molecular flexibility index (Phi) is 5.69. The van der Waals surface area contributed by atoms with Gasteiger partial charge in [0, 0.05) is 5.56 Å². The lowest BCUT2D eigenvalue weighted by Crippen LogP contribution is -2.27. The van der Waals surface area contributed by atoms with Crippen LogP contribution in [0.25, 0.3) is 11.2 Å². The van der Waals surface area contributed by atoms with Crippen molar-refractivity contribution < 1.29 is 23.7 Å². The first-order valence-electron chi connectivity index (χ1n) is 10.3. The number of nitriles is 1. The smallest absolute Gasteiger partial charge is 0.338 e. The van der Waals surface area contributed by atoms with Crippen LogP contribution in [0, 0.1) is 11.3 Å². The summed E-state index contributed by atoms with van der Waals surface area (Å²) in [6.45, 7) is 1.88. The number of nitrogens with zero attached hydrogens (tertiary/aromatic N) is 4. The number of aromatic amines is 1. The molecule has 2 aliphatic heterocycles. The third-order valence-electron chi connectivity index (χ3n) is 5.26. The summed E-state index contributed by atoms with van der Waals surface area (Å²) in [4.78, 5) is 28.7. The van der Waals surface area contributed by atoms with E-state index in [1.807, 2.05) is 0 Å². The molecule has 0 unspecified atom stereocenters. The molecule has 1 atom stereocenters. The van der Waals surface area contributed by atoms with Crippen LogP contribution in [0.4, 0.5) is 0 Å². The highest BCUT2D eigenvalue weighted by atomic mass is 32.2. The van der Waals surface area contributed by atoms with Crippen LogP contribution in [-0.2, 0) is 14.3 Å². The highest BCUT2D eigenvalue weighted by Crippen LogP contribution is 2.47. The molecular formula is C22H18N6O5S. The van der Waals surface area contributed by atoms with Crippen molar-refractivity contribution >= 4 is 28.9 Å². The number of hydrogen-bond acceptors (Lipinski definition) is 11. The minimum atomic E-state index is -0.859. The van der Waals surface area contributed by atoms with Crippen LogP contribution in [0.3, 0.4) is 0 Å². The molecule has 0 radical (unpaired) electrons. The third kappa shape index (κ3) is 3.65. The molecule has 0 fully saturated rings. The zero-order chi connectivity index (χ0) is 23.7. The van der Waals surface area contributed by atoms with Crippen molar-refractivity contribution in [3.05, 3.63) is 59.2 Å². The minimum Gasteiger partial charge on any atom is -0.463 e. The molecule has 0 saturated carbocycles. The number of fused-ring (bicyclic) bond motifs is 2. The Morgan fingerprint density at radius 2 is 2.24 bits per heavy atom. The third-order valence-corrected chi connectivity index (χ3v) is 6.25. The topological polar surface area (TPSA) is 158 Å². The predicted octanol–water partition coefficient (Wildman–Crippen LogP) is 2.50. The molecule has 34 heavy (non-hydrogen) atoms. The average Bonchev–Trinajstić information content (AvgIpc) is 3.52. The molecule has 172 valence electrons. The lowest BCUT2D eigenvalue weighted by molar-refractivity contribution is -0.139. The lowest BCUT2D eigenvalue weighted by atomic mass is 9.82. The van der Waals surface area contributed by atoms with Crippen molar-refractivity contribution in [2.45, 2.75) is 17.9 Å². The second kappa shape index (κ2) is 8.95. The van der Waals surface area contributed by atoms with Crippen LogP contribution in [-0.4, -0.2) is 45.1 Å². The van der Waals surface area contributed by atoms with Crippen LogP contribution >= 0.6 is 11.8 Å². The van der Waals surface area contributed by atoms with Crippen LogP contribution in [0.15, 0.2) is 58.7 Å². The minimum absolute atomic E-state index is 0.0334. The number of carbonyl (C=O) groups excluding carboxylic acids is 1. The number of H-pyrrole nitrogens is 1. The number of aromatic nitrogens is 4. The van der Waals surface area contributed by atoms with Gasteiger partial charge in [-0.05, 0) is 13.0 Å². The molecule has 2 aliphatic rings. The molecule has 3 N–H and O–H groups in total. The van der Waals surface area contributed by atoms with Gasteiger partial charge in [-0.2, -0.15) is 5.26 Å². The number of nitrogens with two attached hydrogens (primary N) is 1. The van der Waals surface area contributed by atoms with Gasteiger partial charge in [0.05, 0.1) is 30.2 Å². The van der Waals surface area contributed by atoms with Crippen molar-refractivity contribution in [2.24, 2.45) is 5.73 Å². The molecule has 5 rings (SSSR count). The van der Waals surface area contributed by atoms with E-state index >= 15 is 0 Å². The summed E-state index contributed by atoms with van der Waals surface area (Å²) in [6.07, 6.45) is 2.93. The molecule has 2 aromatic heterocycles. The van der Waals surface area contributed by atoms with Gasteiger partial charge in [-0.25, -0.2) is 19.7 Å². The molecule has 11 nitrogen and oxygen atoms in total. The second-order valence-corrected chi connectivity index (χ2v) is 8.10. The van der Waals surface area contributed by atoms with E-state index in [0.717, 1.165) is 0 Å². The molecule has 0 spiro atoms. The van der Waals surface area contributed by atoms with E-state index < -0.39 is 11.9 Å². The highest BCUT2D eigenvalue weighted by Gasteiger charge is 2.40. The van der Waals surface area contributed by atoms with E-state index in [9.17, 15) is 10.1 Å². The predicted molar refractivity (Wildman–Crippen MR) is 119 cm³/mol. The van der Waals surface area contributed by atoms with E-state index in [1.165, 1.54) is 24.4 Å². The quantitative estimate of drug-likeness (QED) is 0.304. The second-order valence-electron chi connectivity index (χ2n) is 7.13. The summed E-state index contributed by atoms with van der Waals surface area (Å²) in [5, 5.41) is 10.5. The van der Waals surface area contributed by atoms with Gasteiger partial charge in [-0.15, -0.1) is 0 Å². The standard InChI is InChI=1S/C22H18N6O5S/c1-2-30-22(29)16-14(7-34-21-17-20(26-8-25-17)27-9-28-21)33-19(24)12(6-23)15(16)11-4-3-5-13-18(11)32-10-31-13/h3-5,8-9,15H,2,7,10,24H2,1H3,(H,25,26,27,28)/t15-/m0/s1. The molecule has 0 bridgehead atoms. The molecule has 4 heterocycles. The molecular weight excluding hydrogens is 460 g/mol. The normalized spacial score (nSPS) is 17.0. The SMILES string of the molecule is CCOC(=O)C1=C(CSc2ncnc3nc[nH]c23)OC(N)=C(C#N)[C@@H]1c1cccc2c1OCO2. The van der Waals surface area contributed by atoms with Gasteiger partial charge >= 0.3 is 5.97 Å². The van der Waals surface area contributed by atoms with Crippen molar-refractivity contribution in [1.82, 2.24) is 19.9 Å². The van der Waals surface area contributed by atoms with E-state index in [1.54, 1.807) is 25.1 Å². The summed E-state index contributed by atoms with van der Waals surface area (Å²) in [5.41, 5.74) is 8.14. The largest absolute Gasteiger partial charge is 0.463 e. The van der Waals surface area contributed by atoms with E-state index in [2.05, 4.69) is 26.0 Å². The highest BCUT2D eigenvalue weighted by molar-refractivity contribution is 7.99. The Balaban J connectivity index is 1.61. The van der Waals surface area contributed by atoms with Gasteiger partial charge in [0.25, 0.3) is 0 Å². The Hall–Kier alpha value is -4.24. The zero-order valence-corrected chi connectivity index (χ0v) is 18.7. The fourth-order valence-corrected chi connectivity index (χ4v) is 4.73. The average molecular weight is 478 g/mol. The monoisotopic (exact) mass is 478 g/mol. The van der Waals surface area contributed by atoms with Crippen molar-refractivity contribution in [3.63, 3.8) is 0 Å². The van der Waals surface area contributed by atoms with Crippen molar-refractivity contribution in [2.75, 3.05) is 19.2 Å². The number of carbonyl (C=O) groups is 1. The summed E-state index contributed by atoms with van der Waals surface area (Å²) in [6, 6.07) is 7.36. The van der Waals surface area contributed by atoms with Gasteiger partial charge in [0.2, 0.25) is 12.7 Å². The Bertz CT molecular complexity index is 1390. The Morgan fingerprint density at radius 3 is 3.06 bits per heavy atom. The fraction of sp³-hybridized carbons (Fsp3) is 0.227. The maximum Gasteiger partial charge on any atom is 0.338 e. The van der Waals surface area contributed by atoms with Crippen LogP contribution in [0.2, 0.25) is 0 Å². The summed E-state index contributed by atoms with van der Waals surface area (Å²) in [5.74, 6) is -0.173. The van der Waals surface area contributed by atoms with Crippen molar-refractivity contribution in [3.8, 4) is 17.6 Å². The first-order valence-corrected chi connectivity index (χ1v) is 11.2. The maximum absolute atomic E-state index is 13.2. The fourth-order valence-electron chi connectivity index (χ4n) is 3.84. The molecule has 12 heteroatoms. The zero-order valence-electron chi connectivity index (χ0n) is 17.9. The molecule has 1 aromatic carbocycles. The molecule has 0 amide bonds. The van der Waals surface area contributed by atoms with E-state index in [-0.39, 0.29) is 41.9 Å². The van der Waals surface area contributed by atoms with Gasteiger partial charge in [-0.1, -0.05) is 23.9 Å². The lowest BCUT2D eigenvalue weighted by Gasteiger charge is -2.28. The van der Waals surface area contributed by atoms with E-state index in [4.69, 9.17) is 24.7 Å². The van der Waals surface area contributed by atoms with Gasteiger partial charge < -0.3 is 29.7 Å². The first kappa shape index (κ1) is 21.6. The van der Waals surface area contributed by atoms with E-state index in [0.29, 0.717) is 33.3 Å². The summed E-state index contributed by atoms with van der Waals surface area (Å²) in [7, 11) is 0. The number of imidazole rings is 1. The number of nitrogens with one attached hydrogen (secondary N) is 1. The molecule has 0 aliphatic carbocycles. The van der Waals surface area contributed by atoms with Crippen LogP contribution < -0.4 is 15.2 Å². The number of allylic oxidation sites excluding steroid dienone is 1. The van der Waals surface area contributed by atoms with Crippen LogP contribution in [0.1, 0.15) is 18.4 Å². The summed E-state index contributed by atoms with van der Waals surface area (Å²) >= 11 is 1.30. The number of ether oxygens (including phenoxy) is 4. The molecule has 3 aromatic rings. The first-order chi connectivity index (χ1) is 16.6. The number of thioether (sulfide) groups is 1. The number of esters is 1. The van der Waals surface area contributed by atoms with Gasteiger partial charge in [0.15, 0.2) is 17.1 Å². The maximum atomic E-state index is 13.2. The number of para-hydroxylation sites is 1. The Morgan fingerprint density at radius 1 is 1.35 bits per heavy atom. The number of hydrogen-bond donors (Lipinski definition) is 2. The number of benzene rings is 1. The number of rotatable bonds is 6. The summed E-state index contributed by atoms with van der Waals surface area (Å²) < 4.78 is 22.3. The Labute approximate surface area is 197 Å². The van der Waals surface area contributed by atoms with Gasteiger partial charge in [0.1, 0.15) is 34.3 Å².